The molecule has 0 amide bonds. The molecular weight excluding hydrogens is 472 g/mol. The summed E-state index contributed by atoms with van der Waals surface area (Å²) in [6, 6.07) is 22.7. The van der Waals surface area contributed by atoms with Crippen LogP contribution in [0.5, 0.6) is 11.5 Å². The van der Waals surface area contributed by atoms with E-state index in [1.807, 2.05) is 50.2 Å². The molecule has 0 atom stereocenters. The molecule has 3 aromatic carbocycles. The van der Waals surface area contributed by atoms with Crippen molar-refractivity contribution in [2.75, 3.05) is 0 Å². The molecule has 202 valence electrons. The molecule has 0 aliphatic carbocycles. The zero-order valence-corrected chi connectivity index (χ0v) is 24.2. The lowest BCUT2D eigenvalue weighted by molar-refractivity contribution is 0.0734. The van der Waals surface area contributed by atoms with Crippen molar-refractivity contribution in [1.29, 1.82) is 0 Å². The van der Waals surface area contributed by atoms with Crippen LogP contribution in [0.25, 0.3) is 0 Å². The van der Waals surface area contributed by atoms with Gasteiger partial charge in [-0.2, -0.15) is 0 Å². The van der Waals surface area contributed by atoms with E-state index >= 15 is 0 Å². The maximum atomic E-state index is 13.0. The molecule has 0 aliphatic heterocycles. The van der Waals surface area contributed by atoms with Crippen molar-refractivity contribution in [3.05, 3.63) is 95.1 Å². The van der Waals surface area contributed by atoms with Crippen molar-refractivity contribution in [3.8, 4) is 11.5 Å². The third-order valence-corrected chi connectivity index (χ3v) is 7.46. The van der Waals surface area contributed by atoms with E-state index in [0.717, 1.165) is 36.1 Å². The van der Waals surface area contributed by atoms with Gasteiger partial charge in [0.2, 0.25) is 0 Å². The predicted molar refractivity (Wildman–Crippen MR) is 154 cm³/mol. The van der Waals surface area contributed by atoms with Gasteiger partial charge >= 0.3 is 5.97 Å². The lowest BCUT2D eigenvalue weighted by Crippen LogP contribution is -2.26. The second kappa shape index (κ2) is 11.6. The molecule has 38 heavy (non-hydrogen) atoms. The molecule has 0 radical (unpaired) electrons. The fraction of sp³-hybridized carbons (Fsp3) is 0.412. The molecule has 0 fully saturated rings. The quantitative estimate of drug-likeness (QED) is 0.146. The molecule has 0 unspecified atom stereocenters. The molecule has 0 spiro atoms. The van der Waals surface area contributed by atoms with Gasteiger partial charge in [0.25, 0.3) is 0 Å². The molecule has 3 aromatic rings. The standard InChI is InChI=1S/C34H42O4/c1-9-22-32(3,4)30(35)24-12-11-13-25(23-24)31(36)37-28-18-14-26(15-19-28)34(7,8)27-16-20-29(21-17-27)38-33(5,6)10-2/h11-21,23H,9-10,22H2,1-8H3. The summed E-state index contributed by atoms with van der Waals surface area (Å²) >= 11 is 0. The van der Waals surface area contributed by atoms with Crippen LogP contribution in [-0.2, 0) is 5.41 Å². The summed E-state index contributed by atoms with van der Waals surface area (Å²) in [5.74, 6) is 0.876. The lowest BCUT2D eigenvalue weighted by atomic mass is 9.78. The van der Waals surface area contributed by atoms with Crippen molar-refractivity contribution >= 4 is 11.8 Å². The Kier molecular flexibility index (Phi) is 8.86. The minimum Gasteiger partial charge on any atom is -0.488 e. The van der Waals surface area contributed by atoms with Crippen molar-refractivity contribution in [1.82, 2.24) is 0 Å². The number of Topliss-reactive ketones (excluding diaryl/α,β-unsaturated/α-hetero) is 1. The van der Waals surface area contributed by atoms with Gasteiger partial charge in [0.05, 0.1) is 5.56 Å². The van der Waals surface area contributed by atoms with Gasteiger partial charge in [-0.1, -0.05) is 84.4 Å². The number of hydrogen-bond acceptors (Lipinski definition) is 4. The largest absolute Gasteiger partial charge is 0.488 e. The average Bonchev–Trinajstić information content (AvgIpc) is 2.88. The number of hydrogen-bond donors (Lipinski definition) is 0. The Hall–Kier alpha value is -3.40. The Morgan fingerprint density at radius 1 is 0.711 bits per heavy atom. The Morgan fingerprint density at radius 2 is 1.24 bits per heavy atom. The first-order valence-corrected chi connectivity index (χ1v) is 13.6. The van der Waals surface area contributed by atoms with Crippen LogP contribution in [-0.4, -0.2) is 17.4 Å². The topological polar surface area (TPSA) is 52.6 Å². The molecule has 0 aromatic heterocycles. The molecule has 0 bridgehead atoms. The SMILES string of the molecule is CCCC(C)(C)C(=O)c1cccc(C(=O)Oc2ccc(C(C)(C)c3ccc(OC(C)(C)CC)cc3)cc2)c1. The van der Waals surface area contributed by atoms with Crippen LogP contribution in [0.15, 0.2) is 72.8 Å². The minimum atomic E-state index is -0.481. The van der Waals surface area contributed by atoms with Gasteiger partial charge in [-0.3, -0.25) is 4.79 Å². The first-order chi connectivity index (χ1) is 17.8. The number of ether oxygens (including phenoxy) is 2. The smallest absolute Gasteiger partial charge is 0.343 e. The van der Waals surface area contributed by atoms with Crippen LogP contribution < -0.4 is 9.47 Å². The summed E-state index contributed by atoms with van der Waals surface area (Å²) in [6.07, 6.45) is 2.64. The third kappa shape index (κ3) is 6.92. The van der Waals surface area contributed by atoms with Crippen molar-refractivity contribution in [2.24, 2.45) is 5.41 Å². The van der Waals surface area contributed by atoms with Gasteiger partial charge < -0.3 is 9.47 Å². The molecular formula is C34H42O4. The molecule has 0 N–H and O–H groups in total. The van der Waals surface area contributed by atoms with Gasteiger partial charge in [-0.25, -0.2) is 4.79 Å². The second-order valence-electron chi connectivity index (χ2n) is 11.8. The van der Waals surface area contributed by atoms with Crippen LogP contribution in [0.2, 0.25) is 0 Å². The number of esters is 1. The van der Waals surface area contributed by atoms with Gasteiger partial charge in [-0.05, 0) is 74.2 Å². The van der Waals surface area contributed by atoms with Gasteiger partial charge in [0.15, 0.2) is 5.78 Å². The van der Waals surface area contributed by atoms with Crippen molar-refractivity contribution in [2.45, 2.75) is 85.7 Å². The Morgan fingerprint density at radius 3 is 1.76 bits per heavy atom. The maximum Gasteiger partial charge on any atom is 0.343 e. The van der Waals surface area contributed by atoms with Crippen LogP contribution >= 0.6 is 0 Å². The van der Waals surface area contributed by atoms with Crippen molar-refractivity contribution in [3.63, 3.8) is 0 Å². The van der Waals surface area contributed by atoms with Crippen LogP contribution in [0.4, 0.5) is 0 Å². The van der Waals surface area contributed by atoms with Gasteiger partial charge in [0, 0.05) is 16.4 Å². The Balaban J connectivity index is 1.72. The summed E-state index contributed by atoms with van der Waals surface area (Å²) in [6.45, 7) is 16.6. The van der Waals surface area contributed by atoms with Gasteiger partial charge in [-0.15, -0.1) is 0 Å². The molecule has 3 rings (SSSR count). The highest BCUT2D eigenvalue weighted by Gasteiger charge is 2.28. The average molecular weight is 515 g/mol. The molecule has 4 nitrogen and oxygen atoms in total. The number of benzene rings is 3. The summed E-state index contributed by atoms with van der Waals surface area (Å²) in [5, 5.41) is 0. The van der Waals surface area contributed by atoms with Gasteiger partial charge in [0.1, 0.15) is 17.1 Å². The van der Waals surface area contributed by atoms with E-state index in [1.165, 1.54) is 0 Å². The number of rotatable bonds is 11. The van der Waals surface area contributed by atoms with Crippen LogP contribution in [0.1, 0.15) is 106 Å². The fourth-order valence-corrected chi connectivity index (χ4v) is 4.52. The normalized spacial score (nSPS) is 12.2. The predicted octanol–water partition coefficient (Wildman–Crippen LogP) is 8.81. The zero-order chi connectivity index (χ0) is 28.1. The summed E-state index contributed by atoms with van der Waals surface area (Å²) in [5.41, 5.74) is 2.24. The Labute approximate surface area is 228 Å². The van der Waals surface area contributed by atoms with E-state index in [1.54, 1.807) is 24.3 Å². The lowest BCUT2D eigenvalue weighted by Gasteiger charge is -2.28. The maximum absolute atomic E-state index is 13.0. The fourth-order valence-electron chi connectivity index (χ4n) is 4.52. The first-order valence-electron chi connectivity index (χ1n) is 13.6. The molecule has 4 heteroatoms. The molecule has 0 saturated carbocycles. The van der Waals surface area contributed by atoms with E-state index in [4.69, 9.17) is 9.47 Å². The van der Waals surface area contributed by atoms with Crippen molar-refractivity contribution < 1.29 is 19.1 Å². The highest BCUT2D eigenvalue weighted by atomic mass is 16.5. The number of carbonyl (C=O) groups is 2. The summed E-state index contributed by atoms with van der Waals surface area (Å²) < 4.78 is 11.7. The molecule has 0 saturated heterocycles. The van der Waals surface area contributed by atoms with E-state index < -0.39 is 11.4 Å². The minimum absolute atomic E-state index is 0.0363. The van der Waals surface area contributed by atoms with E-state index in [9.17, 15) is 9.59 Å². The summed E-state index contributed by atoms with van der Waals surface area (Å²) in [7, 11) is 0. The van der Waals surface area contributed by atoms with Crippen LogP contribution in [0, 0.1) is 5.41 Å². The van der Waals surface area contributed by atoms with E-state index in [0.29, 0.717) is 16.9 Å². The number of ketones is 1. The number of carbonyl (C=O) groups excluding carboxylic acids is 2. The highest BCUT2D eigenvalue weighted by Crippen LogP contribution is 2.34. The molecule has 0 heterocycles. The monoisotopic (exact) mass is 514 g/mol. The molecule has 0 aliphatic rings. The highest BCUT2D eigenvalue weighted by molar-refractivity contribution is 6.02. The zero-order valence-electron chi connectivity index (χ0n) is 24.2. The van der Waals surface area contributed by atoms with E-state index in [-0.39, 0.29) is 16.8 Å². The summed E-state index contributed by atoms with van der Waals surface area (Å²) in [4.78, 5) is 25.8. The van der Waals surface area contributed by atoms with E-state index in [2.05, 4.69) is 53.7 Å². The first kappa shape index (κ1) is 29.2. The third-order valence-electron chi connectivity index (χ3n) is 7.46. The second-order valence-corrected chi connectivity index (χ2v) is 11.8. The van der Waals surface area contributed by atoms with Crippen LogP contribution in [0.3, 0.4) is 0 Å². The Bertz CT molecular complexity index is 1250.